The largest absolute Gasteiger partial charge is 0.360 e. The molecule has 0 bridgehead atoms. The minimum absolute atomic E-state index is 0.00351. The van der Waals surface area contributed by atoms with Crippen LogP contribution in [0.15, 0.2) is 66.0 Å². The standard InChI is InChI=1S/C15H11F2N3O3S.C7H9N.C2H6/c16-9-5-10(17)15-11(6-9)19-7-12(15)24(22,23)8-14(21)20-13-3-1-2-4-18-13;1-6-3-4-7(2)8-5-6;1-2/h1-7,19H,8H2,(H,18,20,21);3-5H,1-2H3;1-2H3. The smallest absolute Gasteiger partial charge is 0.241 e. The van der Waals surface area contributed by atoms with E-state index in [1.165, 1.54) is 17.8 Å². The molecule has 0 unspecified atom stereocenters. The van der Waals surface area contributed by atoms with Gasteiger partial charge in [0.05, 0.1) is 15.8 Å². The fourth-order valence-electron chi connectivity index (χ4n) is 2.81. The molecule has 0 fully saturated rings. The molecule has 0 aliphatic rings. The SMILES string of the molecule is CC.Cc1ccc(C)nc1.O=C(CS(=O)(=O)c1c[nH]c2cc(F)cc(F)c12)Nc1ccccn1. The minimum atomic E-state index is -4.13. The van der Waals surface area contributed by atoms with E-state index in [-0.39, 0.29) is 16.7 Å². The first kappa shape index (κ1) is 26.6. The number of carbonyl (C=O) groups excluding carboxylic acids is 1. The van der Waals surface area contributed by atoms with E-state index < -0.39 is 38.0 Å². The fourth-order valence-corrected chi connectivity index (χ4v) is 4.14. The van der Waals surface area contributed by atoms with Gasteiger partial charge in [-0.25, -0.2) is 22.2 Å². The Bertz CT molecular complexity index is 1320. The van der Waals surface area contributed by atoms with Gasteiger partial charge in [-0.2, -0.15) is 0 Å². The van der Waals surface area contributed by atoms with Gasteiger partial charge in [0, 0.05) is 30.4 Å². The average Bonchev–Trinajstić information content (AvgIpc) is 3.23. The molecule has 0 spiro atoms. The third-order valence-electron chi connectivity index (χ3n) is 4.31. The molecule has 180 valence electrons. The number of halogens is 2. The number of rotatable bonds is 4. The molecular weight excluding hydrogens is 462 g/mol. The van der Waals surface area contributed by atoms with Crippen molar-refractivity contribution in [1.29, 1.82) is 0 Å². The van der Waals surface area contributed by atoms with Gasteiger partial charge in [0.1, 0.15) is 23.2 Å². The van der Waals surface area contributed by atoms with Crippen LogP contribution in [-0.2, 0) is 14.6 Å². The molecule has 1 aromatic carbocycles. The lowest BCUT2D eigenvalue weighted by Gasteiger charge is -2.05. The zero-order valence-electron chi connectivity index (χ0n) is 19.3. The zero-order valence-corrected chi connectivity index (χ0v) is 20.1. The number of amides is 1. The Morgan fingerprint density at radius 2 is 1.79 bits per heavy atom. The Balaban J connectivity index is 0.000000343. The lowest BCUT2D eigenvalue weighted by molar-refractivity contribution is -0.113. The highest BCUT2D eigenvalue weighted by Gasteiger charge is 2.25. The number of hydrogen-bond donors (Lipinski definition) is 2. The summed E-state index contributed by atoms with van der Waals surface area (Å²) < 4.78 is 51.9. The second-order valence-corrected chi connectivity index (χ2v) is 8.92. The number of fused-ring (bicyclic) bond motifs is 1. The summed E-state index contributed by atoms with van der Waals surface area (Å²) in [6.45, 7) is 8.02. The van der Waals surface area contributed by atoms with Crippen molar-refractivity contribution in [1.82, 2.24) is 15.0 Å². The number of nitrogens with zero attached hydrogens (tertiary/aromatic N) is 2. The third kappa shape index (κ3) is 7.17. The lowest BCUT2D eigenvalue weighted by atomic mass is 10.2. The fraction of sp³-hybridized carbons (Fsp3) is 0.208. The lowest BCUT2D eigenvalue weighted by Crippen LogP contribution is -2.23. The Hall–Kier alpha value is -3.66. The molecule has 3 aromatic heterocycles. The van der Waals surface area contributed by atoms with Crippen LogP contribution >= 0.6 is 0 Å². The number of anilines is 1. The quantitative estimate of drug-likeness (QED) is 0.422. The molecule has 3 heterocycles. The first-order valence-corrected chi connectivity index (χ1v) is 12.1. The van der Waals surface area contributed by atoms with E-state index in [1.807, 2.05) is 40.0 Å². The van der Waals surface area contributed by atoms with Crippen LogP contribution in [-0.4, -0.2) is 35.0 Å². The summed E-state index contributed by atoms with van der Waals surface area (Å²) in [5.74, 6) is -3.36. The molecule has 4 rings (SSSR count). The molecule has 34 heavy (non-hydrogen) atoms. The van der Waals surface area contributed by atoms with Crippen molar-refractivity contribution < 1.29 is 22.0 Å². The molecule has 0 saturated heterocycles. The van der Waals surface area contributed by atoms with E-state index in [1.54, 1.807) is 12.1 Å². The van der Waals surface area contributed by atoms with Crippen LogP contribution in [0, 0.1) is 25.5 Å². The zero-order chi connectivity index (χ0) is 25.3. The maximum absolute atomic E-state index is 13.9. The number of H-pyrrole nitrogens is 1. The molecule has 7 nitrogen and oxygen atoms in total. The molecule has 2 N–H and O–H groups in total. The third-order valence-corrected chi connectivity index (χ3v) is 5.94. The van der Waals surface area contributed by atoms with Crippen molar-refractivity contribution in [3.05, 3.63) is 83.9 Å². The second kappa shape index (κ2) is 12.0. The predicted molar refractivity (Wildman–Crippen MR) is 128 cm³/mol. The highest BCUT2D eigenvalue weighted by molar-refractivity contribution is 7.92. The van der Waals surface area contributed by atoms with Crippen molar-refractivity contribution in [2.75, 3.05) is 11.1 Å². The molecule has 0 aliphatic heterocycles. The number of aromatic nitrogens is 3. The van der Waals surface area contributed by atoms with Gasteiger partial charge in [-0.3, -0.25) is 9.78 Å². The van der Waals surface area contributed by atoms with Gasteiger partial charge in [-0.05, 0) is 43.7 Å². The highest BCUT2D eigenvalue weighted by atomic mass is 32.2. The van der Waals surface area contributed by atoms with E-state index in [4.69, 9.17) is 0 Å². The number of carbonyl (C=O) groups is 1. The first-order chi connectivity index (χ1) is 16.2. The molecule has 4 aromatic rings. The normalized spacial score (nSPS) is 10.5. The van der Waals surface area contributed by atoms with Crippen molar-refractivity contribution in [2.45, 2.75) is 32.6 Å². The van der Waals surface area contributed by atoms with Gasteiger partial charge in [0.2, 0.25) is 5.91 Å². The number of aromatic amines is 1. The molecule has 0 atom stereocenters. The Morgan fingerprint density at radius 3 is 2.38 bits per heavy atom. The molecule has 0 saturated carbocycles. The molecule has 10 heteroatoms. The van der Waals surface area contributed by atoms with Crippen LogP contribution in [0.25, 0.3) is 10.9 Å². The first-order valence-electron chi connectivity index (χ1n) is 10.4. The molecule has 0 aliphatic carbocycles. The van der Waals surface area contributed by atoms with Gasteiger partial charge >= 0.3 is 0 Å². The van der Waals surface area contributed by atoms with E-state index >= 15 is 0 Å². The van der Waals surface area contributed by atoms with Crippen LogP contribution < -0.4 is 5.32 Å². The van der Waals surface area contributed by atoms with Gasteiger partial charge < -0.3 is 10.3 Å². The topological polar surface area (TPSA) is 105 Å². The summed E-state index contributed by atoms with van der Waals surface area (Å²) in [7, 11) is -4.13. The van der Waals surface area contributed by atoms with E-state index in [9.17, 15) is 22.0 Å². The van der Waals surface area contributed by atoms with Gasteiger partial charge in [0.15, 0.2) is 9.84 Å². The summed E-state index contributed by atoms with van der Waals surface area (Å²) in [6.07, 6.45) is 4.35. The van der Waals surface area contributed by atoms with Crippen molar-refractivity contribution in [3.8, 4) is 0 Å². The Labute approximate surface area is 197 Å². The Morgan fingerprint density at radius 1 is 1.06 bits per heavy atom. The van der Waals surface area contributed by atoms with Crippen LogP contribution in [0.4, 0.5) is 14.6 Å². The van der Waals surface area contributed by atoms with Gasteiger partial charge in [0.25, 0.3) is 0 Å². The van der Waals surface area contributed by atoms with E-state index in [0.29, 0.717) is 6.07 Å². The monoisotopic (exact) mass is 488 g/mol. The van der Waals surface area contributed by atoms with E-state index in [2.05, 4.69) is 26.3 Å². The summed E-state index contributed by atoms with van der Waals surface area (Å²) in [6, 6.07) is 10.4. The molecule has 0 radical (unpaired) electrons. The van der Waals surface area contributed by atoms with E-state index in [0.717, 1.165) is 18.0 Å². The van der Waals surface area contributed by atoms with Crippen LogP contribution in [0.3, 0.4) is 0 Å². The average molecular weight is 489 g/mol. The van der Waals surface area contributed by atoms with Gasteiger partial charge in [-0.15, -0.1) is 0 Å². The van der Waals surface area contributed by atoms with Crippen LogP contribution in [0.2, 0.25) is 0 Å². The van der Waals surface area contributed by atoms with Crippen LogP contribution in [0.1, 0.15) is 25.1 Å². The maximum atomic E-state index is 13.9. The molecular formula is C24H26F2N4O3S. The summed E-state index contributed by atoms with van der Waals surface area (Å²) in [4.78, 5) is 21.9. The highest BCUT2D eigenvalue weighted by Crippen LogP contribution is 2.27. The summed E-state index contributed by atoms with van der Waals surface area (Å²) in [5.41, 5.74) is 2.29. The van der Waals surface area contributed by atoms with Gasteiger partial charge in [-0.1, -0.05) is 26.0 Å². The number of aryl methyl sites for hydroxylation is 2. The minimum Gasteiger partial charge on any atom is -0.360 e. The molecule has 1 amide bonds. The maximum Gasteiger partial charge on any atom is 0.241 e. The predicted octanol–water partition coefficient (Wildman–Crippen LogP) is 4.98. The number of hydrogen-bond acceptors (Lipinski definition) is 5. The number of benzene rings is 1. The number of pyridine rings is 2. The summed E-state index contributed by atoms with van der Waals surface area (Å²) >= 11 is 0. The van der Waals surface area contributed by atoms with Crippen molar-refractivity contribution in [3.63, 3.8) is 0 Å². The van der Waals surface area contributed by atoms with Crippen molar-refractivity contribution in [2.24, 2.45) is 0 Å². The number of nitrogens with one attached hydrogen (secondary N) is 2. The number of sulfone groups is 1. The van der Waals surface area contributed by atoms with Crippen molar-refractivity contribution >= 4 is 32.5 Å². The second-order valence-electron chi connectivity index (χ2n) is 6.96. The van der Waals surface area contributed by atoms with Crippen LogP contribution in [0.5, 0.6) is 0 Å². The Kier molecular flexibility index (Phi) is 9.37. The summed E-state index contributed by atoms with van der Waals surface area (Å²) in [5, 5.41) is 2.06.